The highest BCUT2D eigenvalue weighted by atomic mass is 79.9. The Kier molecular flexibility index (Phi) is 4.54. The Hall–Kier alpha value is -1.30. The van der Waals surface area contributed by atoms with Crippen LogP contribution < -0.4 is 10.3 Å². The molecule has 5 nitrogen and oxygen atoms in total. The van der Waals surface area contributed by atoms with Gasteiger partial charge in [-0.1, -0.05) is 0 Å². The van der Waals surface area contributed by atoms with E-state index in [1.54, 1.807) is 6.20 Å². The van der Waals surface area contributed by atoms with Gasteiger partial charge in [0.2, 0.25) is 0 Å². The fourth-order valence-corrected chi connectivity index (χ4v) is 1.63. The van der Waals surface area contributed by atoms with Crippen LogP contribution in [-0.2, 0) is 16.1 Å². The van der Waals surface area contributed by atoms with Crippen molar-refractivity contribution >= 4 is 21.9 Å². The average Bonchev–Trinajstić information content (AvgIpc) is 2.27. The summed E-state index contributed by atoms with van der Waals surface area (Å²) in [6, 6.07) is 1.40. The van der Waals surface area contributed by atoms with E-state index in [9.17, 15) is 9.59 Å². The average molecular weight is 290 g/mol. The van der Waals surface area contributed by atoms with Gasteiger partial charge in [-0.05, 0) is 15.9 Å². The smallest absolute Gasteiger partial charge is 0.307 e. The second kappa shape index (κ2) is 5.69. The lowest BCUT2D eigenvalue weighted by atomic mass is 10.4. The molecule has 0 aliphatic carbocycles. The normalized spacial score (nSPS) is 9.94. The zero-order valence-electron chi connectivity index (χ0n) is 9.03. The van der Waals surface area contributed by atoms with E-state index in [0.717, 1.165) is 0 Å². The molecule has 0 atom stereocenters. The standard InChI is InChI=1S/C10H12BrNO4/c1-15-8-6-12(4-3-10(14)16-2)9(13)5-7(8)11/h5-6H,3-4H2,1-2H3. The Morgan fingerprint density at radius 2 is 2.19 bits per heavy atom. The van der Waals surface area contributed by atoms with Gasteiger partial charge < -0.3 is 14.0 Å². The van der Waals surface area contributed by atoms with Crippen LogP contribution in [0.4, 0.5) is 0 Å². The highest BCUT2D eigenvalue weighted by molar-refractivity contribution is 9.10. The molecule has 1 rings (SSSR count). The second-order valence-electron chi connectivity index (χ2n) is 3.05. The zero-order valence-corrected chi connectivity index (χ0v) is 10.6. The van der Waals surface area contributed by atoms with Crippen LogP contribution in [0.5, 0.6) is 5.75 Å². The number of hydrogen-bond donors (Lipinski definition) is 0. The van der Waals surface area contributed by atoms with Gasteiger partial charge >= 0.3 is 5.97 Å². The number of methoxy groups -OCH3 is 2. The maximum atomic E-state index is 11.5. The van der Waals surface area contributed by atoms with Crippen LogP contribution in [0, 0.1) is 0 Å². The maximum absolute atomic E-state index is 11.5. The Morgan fingerprint density at radius 3 is 2.75 bits per heavy atom. The van der Waals surface area contributed by atoms with Gasteiger partial charge in [-0.15, -0.1) is 0 Å². The van der Waals surface area contributed by atoms with Crippen LogP contribution >= 0.6 is 15.9 Å². The van der Waals surface area contributed by atoms with E-state index >= 15 is 0 Å². The first-order valence-electron chi connectivity index (χ1n) is 4.59. The third-order valence-corrected chi connectivity index (χ3v) is 2.67. The summed E-state index contributed by atoms with van der Waals surface area (Å²) in [5.41, 5.74) is -0.198. The van der Waals surface area contributed by atoms with E-state index in [1.165, 1.54) is 24.9 Å². The van der Waals surface area contributed by atoms with Crippen molar-refractivity contribution in [3.05, 3.63) is 27.1 Å². The fraction of sp³-hybridized carbons (Fsp3) is 0.400. The molecule has 0 aliphatic rings. The SMILES string of the molecule is COC(=O)CCn1cc(OC)c(Br)cc1=O. The van der Waals surface area contributed by atoms with Crippen LogP contribution in [0.25, 0.3) is 0 Å². The van der Waals surface area contributed by atoms with Crippen molar-refractivity contribution in [2.75, 3.05) is 14.2 Å². The Balaban J connectivity index is 2.88. The van der Waals surface area contributed by atoms with E-state index < -0.39 is 0 Å². The number of ether oxygens (including phenoxy) is 2. The molecule has 0 unspecified atom stereocenters. The molecule has 0 fully saturated rings. The minimum Gasteiger partial charge on any atom is -0.494 e. The number of aromatic nitrogens is 1. The molecule has 88 valence electrons. The van der Waals surface area contributed by atoms with E-state index in [0.29, 0.717) is 10.2 Å². The van der Waals surface area contributed by atoms with Crippen molar-refractivity contribution < 1.29 is 14.3 Å². The van der Waals surface area contributed by atoms with E-state index in [1.807, 2.05) is 0 Å². The first kappa shape index (κ1) is 12.8. The maximum Gasteiger partial charge on any atom is 0.307 e. The summed E-state index contributed by atoms with van der Waals surface area (Å²) in [5, 5.41) is 0. The van der Waals surface area contributed by atoms with Gasteiger partial charge in [-0.2, -0.15) is 0 Å². The molecular formula is C10H12BrNO4. The Labute approximate surface area is 101 Å². The lowest BCUT2D eigenvalue weighted by Crippen LogP contribution is -2.20. The van der Waals surface area contributed by atoms with E-state index in [4.69, 9.17) is 4.74 Å². The number of rotatable bonds is 4. The van der Waals surface area contributed by atoms with Crippen LogP contribution in [0.15, 0.2) is 21.5 Å². The predicted molar refractivity (Wildman–Crippen MR) is 61.6 cm³/mol. The molecule has 16 heavy (non-hydrogen) atoms. The van der Waals surface area contributed by atoms with Crippen molar-refractivity contribution in [2.24, 2.45) is 0 Å². The Bertz CT molecular complexity index is 441. The van der Waals surface area contributed by atoms with Gasteiger partial charge in [-0.3, -0.25) is 9.59 Å². The number of esters is 1. The molecule has 0 saturated heterocycles. The third-order valence-electron chi connectivity index (χ3n) is 2.05. The lowest BCUT2D eigenvalue weighted by Gasteiger charge is -2.08. The highest BCUT2D eigenvalue weighted by Gasteiger charge is 2.06. The number of hydrogen-bond acceptors (Lipinski definition) is 4. The summed E-state index contributed by atoms with van der Waals surface area (Å²) >= 11 is 3.21. The van der Waals surface area contributed by atoms with Crippen molar-refractivity contribution in [1.29, 1.82) is 0 Å². The van der Waals surface area contributed by atoms with Crippen molar-refractivity contribution in [3.63, 3.8) is 0 Å². The molecule has 0 amide bonds. The van der Waals surface area contributed by atoms with Crippen molar-refractivity contribution in [1.82, 2.24) is 4.57 Å². The zero-order chi connectivity index (χ0) is 12.1. The highest BCUT2D eigenvalue weighted by Crippen LogP contribution is 2.21. The molecule has 1 heterocycles. The summed E-state index contributed by atoms with van der Waals surface area (Å²) in [6.45, 7) is 0.273. The number of carbonyl (C=O) groups is 1. The van der Waals surface area contributed by atoms with Crippen LogP contribution in [0.3, 0.4) is 0 Å². The second-order valence-corrected chi connectivity index (χ2v) is 3.90. The number of nitrogens with zero attached hydrogens (tertiary/aromatic N) is 1. The first-order chi connectivity index (χ1) is 7.58. The summed E-state index contributed by atoms with van der Waals surface area (Å²) in [7, 11) is 2.82. The molecule has 0 bridgehead atoms. The quantitative estimate of drug-likeness (QED) is 0.781. The van der Waals surface area contributed by atoms with Gasteiger partial charge in [0.1, 0.15) is 5.75 Å². The molecule has 0 radical (unpaired) electrons. The lowest BCUT2D eigenvalue weighted by molar-refractivity contribution is -0.140. The molecule has 1 aromatic heterocycles. The first-order valence-corrected chi connectivity index (χ1v) is 5.38. The predicted octanol–water partition coefficient (Wildman–Crippen LogP) is 1.18. The van der Waals surface area contributed by atoms with Crippen molar-refractivity contribution in [3.8, 4) is 5.75 Å². The molecule has 6 heteroatoms. The monoisotopic (exact) mass is 289 g/mol. The number of halogens is 1. The molecule has 0 aliphatic heterocycles. The van der Waals surface area contributed by atoms with Gasteiger partial charge in [0, 0.05) is 12.6 Å². The summed E-state index contributed by atoms with van der Waals surface area (Å²) in [4.78, 5) is 22.5. The largest absolute Gasteiger partial charge is 0.494 e. The third kappa shape index (κ3) is 3.10. The molecule has 0 aromatic carbocycles. The van der Waals surface area contributed by atoms with Gasteiger partial charge in [0.05, 0.1) is 31.3 Å². The molecular weight excluding hydrogens is 278 g/mol. The molecule has 0 spiro atoms. The van der Waals surface area contributed by atoms with Crippen molar-refractivity contribution in [2.45, 2.75) is 13.0 Å². The number of aryl methyl sites for hydroxylation is 1. The Morgan fingerprint density at radius 1 is 1.50 bits per heavy atom. The topological polar surface area (TPSA) is 57.5 Å². The van der Waals surface area contributed by atoms with E-state index in [-0.39, 0.29) is 24.5 Å². The van der Waals surface area contributed by atoms with Crippen LogP contribution in [-0.4, -0.2) is 24.8 Å². The van der Waals surface area contributed by atoms with Gasteiger partial charge in [-0.25, -0.2) is 0 Å². The molecule has 0 saturated carbocycles. The minimum absolute atomic E-state index is 0.154. The number of pyridine rings is 1. The molecule has 0 N–H and O–H groups in total. The summed E-state index contributed by atoms with van der Waals surface area (Å²) in [6.07, 6.45) is 1.70. The van der Waals surface area contributed by atoms with Crippen LogP contribution in [0.1, 0.15) is 6.42 Å². The summed E-state index contributed by atoms with van der Waals surface area (Å²) < 4.78 is 11.5. The van der Waals surface area contributed by atoms with Gasteiger partial charge in [0.15, 0.2) is 0 Å². The fourth-order valence-electron chi connectivity index (χ4n) is 1.17. The summed E-state index contributed by atoms with van der Waals surface area (Å²) in [5.74, 6) is 0.193. The minimum atomic E-state index is -0.353. The number of carbonyl (C=O) groups excluding carboxylic acids is 1. The van der Waals surface area contributed by atoms with Gasteiger partial charge in [0.25, 0.3) is 5.56 Å². The van der Waals surface area contributed by atoms with E-state index in [2.05, 4.69) is 20.7 Å². The molecule has 1 aromatic rings. The van der Waals surface area contributed by atoms with Crippen LogP contribution in [0.2, 0.25) is 0 Å².